The molecular weight excluding hydrogens is 442 g/mol. The number of carbonyl (C=O) groups is 3. The van der Waals surface area contributed by atoms with E-state index in [0.717, 1.165) is 12.8 Å². The molecule has 1 atom stereocenters. The summed E-state index contributed by atoms with van der Waals surface area (Å²) in [5, 5.41) is 15.0. The zero-order valence-corrected chi connectivity index (χ0v) is 19.9. The summed E-state index contributed by atoms with van der Waals surface area (Å²) in [5.74, 6) is -0.258. The van der Waals surface area contributed by atoms with E-state index in [2.05, 4.69) is 47.0 Å². The predicted octanol–water partition coefficient (Wildman–Crippen LogP) is 3.58. The Morgan fingerprint density at radius 1 is 0.886 bits per heavy atom. The molecule has 0 bridgehead atoms. The average Bonchev–Trinajstić information content (AvgIpc) is 3.18. The lowest BCUT2D eigenvalue weighted by molar-refractivity contribution is -0.139. The summed E-state index contributed by atoms with van der Waals surface area (Å²) in [6.45, 7) is 1.28. The standard InChI is InChI=1S/C28H33N3O4/c32-24-12-10-23(11-13-24)28(26(34)29-27(35)30-28)18-25(33)31-16-14-22(15-17-31)21-8-6-20(7-9-21)19-4-2-1-3-5-19/h1-9,22-24,32H,10-18H2,(H2,29,30,34,35). The fourth-order valence-corrected chi connectivity index (χ4v) is 6.02. The van der Waals surface area contributed by atoms with Crippen molar-refractivity contribution in [3.8, 4) is 11.1 Å². The Labute approximate surface area is 205 Å². The number of aliphatic hydroxyl groups excluding tert-OH is 1. The number of piperidine rings is 1. The number of likely N-dealkylation sites (tertiary alicyclic amines) is 1. The molecule has 0 spiro atoms. The van der Waals surface area contributed by atoms with E-state index in [1.165, 1.54) is 16.7 Å². The van der Waals surface area contributed by atoms with Crippen LogP contribution in [0.4, 0.5) is 4.79 Å². The van der Waals surface area contributed by atoms with Crippen LogP contribution >= 0.6 is 0 Å². The highest BCUT2D eigenvalue weighted by atomic mass is 16.3. The summed E-state index contributed by atoms with van der Waals surface area (Å²) >= 11 is 0. The molecule has 1 saturated carbocycles. The van der Waals surface area contributed by atoms with Crippen molar-refractivity contribution >= 4 is 17.8 Å². The monoisotopic (exact) mass is 475 g/mol. The molecule has 2 heterocycles. The van der Waals surface area contributed by atoms with Crippen molar-refractivity contribution in [2.75, 3.05) is 13.1 Å². The molecule has 2 aliphatic heterocycles. The molecule has 35 heavy (non-hydrogen) atoms. The van der Waals surface area contributed by atoms with Crippen LogP contribution in [0.15, 0.2) is 54.6 Å². The second-order valence-electron chi connectivity index (χ2n) is 10.2. The minimum atomic E-state index is -1.21. The number of rotatable bonds is 5. The lowest BCUT2D eigenvalue weighted by Crippen LogP contribution is -2.57. The summed E-state index contributed by atoms with van der Waals surface area (Å²) in [4.78, 5) is 40.0. The molecule has 2 aromatic carbocycles. The minimum absolute atomic E-state index is 0.0260. The predicted molar refractivity (Wildman–Crippen MR) is 132 cm³/mol. The molecule has 3 N–H and O–H groups in total. The van der Waals surface area contributed by atoms with Crippen molar-refractivity contribution in [3.05, 3.63) is 60.2 Å². The zero-order chi connectivity index (χ0) is 24.4. The van der Waals surface area contributed by atoms with Crippen LogP contribution in [0.3, 0.4) is 0 Å². The molecule has 3 aliphatic rings. The van der Waals surface area contributed by atoms with Gasteiger partial charge in [-0.2, -0.15) is 0 Å². The highest BCUT2D eigenvalue weighted by Gasteiger charge is 2.54. The normalized spacial score (nSPS) is 27.4. The van der Waals surface area contributed by atoms with Crippen molar-refractivity contribution in [2.45, 2.75) is 62.5 Å². The average molecular weight is 476 g/mol. The third kappa shape index (κ3) is 4.82. The summed E-state index contributed by atoms with van der Waals surface area (Å²) in [6, 6.07) is 18.5. The van der Waals surface area contributed by atoms with E-state index < -0.39 is 17.5 Å². The number of carbonyl (C=O) groups excluding carboxylic acids is 3. The van der Waals surface area contributed by atoms with E-state index in [9.17, 15) is 19.5 Å². The second-order valence-corrected chi connectivity index (χ2v) is 10.2. The molecule has 2 aromatic rings. The fraction of sp³-hybridized carbons (Fsp3) is 0.464. The first kappa shape index (κ1) is 23.5. The Morgan fingerprint density at radius 3 is 2.11 bits per heavy atom. The van der Waals surface area contributed by atoms with Crippen LogP contribution in [0.25, 0.3) is 11.1 Å². The lowest BCUT2D eigenvalue weighted by atomic mass is 9.72. The van der Waals surface area contributed by atoms with Gasteiger partial charge in [-0.05, 0) is 67.1 Å². The Hall–Kier alpha value is -3.19. The molecule has 7 heteroatoms. The summed E-state index contributed by atoms with van der Waals surface area (Å²) < 4.78 is 0. The molecule has 1 unspecified atom stereocenters. The van der Waals surface area contributed by atoms with E-state index in [1.807, 2.05) is 23.1 Å². The Kier molecular flexibility index (Phi) is 6.60. The lowest BCUT2D eigenvalue weighted by Gasteiger charge is -2.40. The maximum Gasteiger partial charge on any atom is 0.322 e. The van der Waals surface area contributed by atoms with Gasteiger partial charge in [0.1, 0.15) is 5.54 Å². The Morgan fingerprint density at radius 2 is 1.51 bits per heavy atom. The second kappa shape index (κ2) is 9.82. The number of nitrogens with zero attached hydrogens (tertiary/aromatic N) is 1. The fourth-order valence-electron chi connectivity index (χ4n) is 6.02. The Bertz CT molecular complexity index is 1070. The van der Waals surface area contributed by atoms with Crippen LogP contribution in [-0.4, -0.2) is 52.6 Å². The van der Waals surface area contributed by atoms with E-state index in [1.54, 1.807) is 0 Å². The van der Waals surface area contributed by atoms with Crippen LogP contribution in [-0.2, 0) is 9.59 Å². The van der Waals surface area contributed by atoms with Gasteiger partial charge in [0, 0.05) is 13.1 Å². The summed E-state index contributed by atoms with van der Waals surface area (Å²) in [6.07, 6.45) is 3.74. The Balaban J connectivity index is 1.21. The van der Waals surface area contributed by atoms with E-state index in [4.69, 9.17) is 0 Å². The van der Waals surface area contributed by atoms with E-state index in [0.29, 0.717) is 44.7 Å². The van der Waals surface area contributed by atoms with Crippen molar-refractivity contribution in [3.63, 3.8) is 0 Å². The van der Waals surface area contributed by atoms with Crippen LogP contribution in [0.1, 0.15) is 56.4 Å². The molecule has 0 aromatic heterocycles. The van der Waals surface area contributed by atoms with Crippen molar-refractivity contribution in [2.24, 2.45) is 5.92 Å². The van der Waals surface area contributed by atoms with Gasteiger partial charge in [-0.1, -0.05) is 54.6 Å². The van der Waals surface area contributed by atoms with Gasteiger partial charge in [0.2, 0.25) is 5.91 Å². The quantitative estimate of drug-likeness (QED) is 0.576. The zero-order valence-electron chi connectivity index (χ0n) is 19.9. The first-order chi connectivity index (χ1) is 16.9. The summed E-state index contributed by atoms with van der Waals surface area (Å²) in [7, 11) is 0. The number of imide groups is 1. The van der Waals surface area contributed by atoms with Crippen molar-refractivity contribution in [1.82, 2.24) is 15.5 Å². The SMILES string of the molecule is O=C1NC(=O)C(CC(=O)N2CCC(c3ccc(-c4ccccc4)cc3)CC2)(C2CCC(O)CC2)N1. The number of benzene rings is 2. The molecular formula is C28H33N3O4. The third-order valence-corrected chi connectivity index (χ3v) is 8.13. The smallest absolute Gasteiger partial charge is 0.322 e. The van der Waals surface area contributed by atoms with E-state index >= 15 is 0 Å². The van der Waals surface area contributed by atoms with Gasteiger partial charge < -0.3 is 15.3 Å². The van der Waals surface area contributed by atoms with Gasteiger partial charge >= 0.3 is 6.03 Å². The first-order valence-corrected chi connectivity index (χ1v) is 12.7. The van der Waals surface area contributed by atoms with Gasteiger partial charge in [0.25, 0.3) is 5.91 Å². The number of nitrogens with one attached hydrogen (secondary N) is 2. The maximum atomic E-state index is 13.3. The number of hydrogen-bond donors (Lipinski definition) is 3. The molecule has 184 valence electrons. The number of amides is 4. The van der Waals surface area contributed by atoms with E-state index in [-0.39, 0.29) is 24.3 Å². The van der Waals surface area contributed by atoms with Gasteiger partial charge in [0.05, 0.1) is 12.5 Å². The van der Waals surface area contributed by atoms with Crippen LogP contribution in [0.2, 0.25) is 0 Å². The molecule has 2 saturated heterocycles. The van der Waals surface area contributed by atoms with Gasteiger partial charge in [0.15, 0.2) is 0 Å². The maximum absolute atomic E-state index is 13.3. The van der Waals surface area contributed by atoms with Crippen LogP contribution in [0, 0.1) is 5.92 Å². The minimum Gasteiger partial charge on any atom is -0.393 e. The molecule has 7 nitrogen and oxygen atoms in total. The van der Waals surface area contributed by atoms with Crippen LogP contribution in [0.5, 0.6) is 0 Å². The molecule has 3 fully saturated rings. The van der Waals surface area contributed by atoms with Crippen molar-refractivity contribution in [1.29, 1.82) is 0 Å². The molecule has 4 amide bonds. The molecule has 0 radical (unpaired) electrons. The molecule has 1 aliphatic carbocycles. The van der Waals surface area contributed by atoms with Crippen LogP contribution < -0.4 is 10.6 Å². The highest BCUT2D eigenvalue weighted by molar-refractivity contribution is 6.09. The van der Waals surface area contributed by atoms with Gasteiger partial charge in [-0.15, -0.1) is 0 Å². The highest BCUT2D eigenvalue weighted by Crippen LogP contribution is 2.38. The first-order valence-electron chi connectivity index (χ1n) is 12.7. The number of aliphatic hydroxyl groups is 1. The topological polar surface area (TPSA) is 98.7 Å². The molecule has 5 rings (SSSR count). The summed E-state index contributed by atoms with van der Waals surface area (Å²) in [5.41, 5.74) is 2.47. The number of hydrogen-bond acceptors (Lipinski definition) is 4. The van der Waals surface area contributed by atoms with Gasteiger partial charge in [-0.25, -0.2) is 4.79 Å². The van der Waals surface area contributed by atoms with Gasteiger partial charge in [-0.3, -0.25) is 14.9 Å². The largest absolute Gasteiger partial charge is 0.393 e. The number of urea groups is 1. The third-order valence-electron chi connectivity index (χ3n) is 8.13. The van der Waals surface area contributed by atoms with Crippen molar-refractivity contribution < 1.29 is 19.5 Å².